The fourth-order valence-electron chi connectivity index (χ4n) is 3.98. The lowest BCUT2D eigenvalue weighted by atomic mass is 10.0. The van der Waals surface area contributed by atoms with Crippen molar-refractivity contribution in [3.63, 3.8) is 0 Å². The highest BCUT2D eigenvalue weighted by molar-refractivity contribution is 7.90. The van der Waals surface area contributed by atoms with Crippen molar-refractivity contribution in [1.29, 1.82) is 0 Å². The second-order valence-corrected chi connectivity index (χ2v) is 10.2. The Kier molecular flexibility index (Phi) is 5.84. The van der Waals surface area contributed by atoms with E-state index in [0.717, 1.165) is 15.7 Å². The molecule has 0 fully saturated rings. The highest BCUT2D eigenvalue weighted by Gasteiger charge is 2.25. The number of fused-ring (bicyclic) bond motifs is 1. The van der Waals surface area contributed by atoms with Gasteiger partial charge in [-0.2, -0.15) is 0 Å². The summed E-state index contributed by atoms with van der Waals surface area (Å²) in [7, 11) is -2.63. The Morgan fingerprint density at radius 2 is 1.70 bits per heavy atom. The Morgan fingerprint density at radius 3 is 2.38 bits per heavy atom. The zero-order valence-corrected chi connectivity index (χ0v) is 20.5. The highest BCUT2D eigenvalue weighted by Crippen LogP contribution is 2.37. The van der Waals surface area contributed by atoms with Gasteiger partial charge in [-0.25, -0.2) is 17.4 Å². The average molecular weight is 517 g/mol. The van der Waals surface area contributed by atoms with Gasteiger partial charge in [-0.3, -0.25) is 14.9 Å². The number of ether oxygens (including phenoxy) is 1. The first-order chi connectivity index (χ1) is 17.7. The van der Waals surface area contributed by atoms with E-state index >= 15 is 0 Å². The molecule has 0 saturated carbocycles. The van der Waals surface area contributed by atoms with E-state index in [9.17, 15) is 23.3 Å². The Balaban J connectivity index is 1.77. The summed E-state index contributed by atoms with van der Waals surface area (Å²) in [6, 6.07) is 17.8. The van der Waals surface area contributed by atoms with Crippen LogP contribution in [0.4, 0.5) is 5.69 Å². The zero-order valence-electron chi connectivity index (χ0n) is 19.7. The van der Waals surface area contributed by atoms with Gasteiger partial charge < -0.3 is 9.30 Å². The summed E-state index contributed by atoms with van der Waals surface area (Å²) in [5.41, 5.74) is 0.519. The van der Waals surface area contributed by atoms with Gasteiger partial charge in [0.05, 0.1) is 15.4 Å². The molecular formula is C26H20N4O6S. The minimum atomic E-state index is -4.11. The minimum Gasteiger partial charge on any atom is -0.438 e. The third-order valence-electron chi connectivity index (χ3n) is 5.86. The van der Waals surface area contributed by atoms with Crippen LogP contribution < -0.4 is 10.3 Å². The van der Waals surface area contributed by atoms with Gasteiger partial charge in [-0.1, -0.05) is 35.9 Å². The highest BCUT2D eigenvalue weighted by atomic mass is 32.2. The van der Waals surface area contributed by atoms with Crippen molar-refractivity contribution in [2.24, 2.45) is 7.05 Å². The molecule has 0 radical (unpaired) electrons. The maximum Gasteiger partial charge on any atom is 0.288 e. The van der Waals surface area contributed by atoms with Crippen molar-refractivity contribution in [1.82, 2.24) is 13.5 Å². The third-order valence-corrected chi connectivity index (χ3v) is 7.55. The first kappa shape index (κ1) is 23.9. The average Bonchev–Trinajstić information content (AvgIpc) is 3.34. The molecular weight excluding hydrogens is 496 g/mol. The van der Waals surface area contributed by atoms with Crippen molar-refractivity contribution in [2.75, 3.05) is 0 Å². The standard InChI is InChI=1S/C26H20N4O6S/c1-17-8-10-20(11-9-17)37(34,35)29-13-12-21-23(16-28(2)26(31)24(21)29)22-14-18(30(32)33)15-27-25(22)36-19-6-4-3-5-7-19/h3-16H,1-2H3. The largest absolute Gasteiger partial charge is 0.438 e. The number of aryl methyl sites for hydroxylation is 2. The van der Waals surface area contributed by atoms with Crippen LogP contribution >= 0.6 is 0 Å². The van der Waals surface area contributed by atoms with Crippen LogP contribution in [0.15, 0.2) is 95.0 Å². The first-order valence-corrected chi connectivity index (χ1v) is 12.5. The van der Waals surface area contributed by atoms with Gasteiger partial charge in [0.1, 0.15) is 17.5 Å². The second kappa shape index (κ2) is 9.03. The smallest absolute Gasteiger partial charge is 0.288 e. The Labute approximate surface area is 211 Å². The fourth-order valence-corrected chi connectivity index (χ4v) is 5.33. The van der Waals surface area contributed by atoms with E-state index in [-0.39, 0.29) is 32.9 Å². The number of hydrogen-bond donors (Lipinski definition) is 0. The van der Waals surface area contributed by atoms with Crippen molar-refractivity contribution in [2.45, 2.75) is 11.8 Å². The molecule has 0 aliphatic heterocycles. The molecule has 10 nitrogen and oxygen atoms in total. The van der Waals surface area contributed by atoms with Crippen molar-refractivity contribution in [3.8, 4) is 22.8 Å². The Morgan fingerprint density at radius 1 is 1.00 bits per heavy atom. The monoisotopic (exact) mass is 516 g/mol. The number of para-hydroxylation sites is 1. The van der Waals surface area contributed by atoms with Gasteiger partial charge >= 0.3 is 0 Å². The molecule has 186 valence electrons. The van der Waals surface area contributed by atoms with Crippen molar-refractivity contribution < 1.29 is 18.1 Å². The number of nitro groups is 1. The molecule has 2 aromatic carbocycles. The molecule has 3 aromatic heterocycles. The van der Waals surface area contributed by atoms with Crippen LogP contribution in [0, 0.1) is 17.0 Å². The summed E-state index contributed by atoms with van der Waals surface area (Å²) in [6.45, 7) is 1.84. The number of pyridine rings is 2. The first-order valence-electron chi connectivity index (χ1n) is 11.1. The topological polar surface area (TPSA) is 126 Å². The van der Waals surface area contributed by atoms with E-state index in [2.05, 4.69) is 4.98 Å². The molecule has 0 spiro atoms. The third kappa shape index (κ3) is 4.25. The van der Waals surface area contributed by atoms with Crippen LogP contribution in [-0.2, 0) is 17.1 Å². The Bertz CT molecular complexity index is 1830. The summed E-state index contributed by atoms with van der Waals surface area (Å²) in [5.74, 6) is 0.511. The maximum absolute atomic E-state index is 13.5. The SMILES string of the molecule is Cc1ccc(S(=O)(=O)n2ccc3c(-c4cc([N+](=O)[O-])cnc4Oc4ccccc4)cn(C)c(=O)c32)cc1. The molecule has 0 N–H and O–H groups in total. The zero-order chi connectivity index (χ0) is 26.3. The van der Waals surface area contributed by atoms with E-state index in [1.807, 2.05) is 13.0 Å². The van der Waals surface area contributed by atoms with E-state index in [0.29, 0.717) is 11.3 Å². The van der Waals surface area contributed by atoms with Gasteiger partial charge in [0.2, 0.25) is 5.88 Å². The number of rotatable bonds is 6. The number of nitrogens with zero attached hydrogens (tertiary/aromatic N) is 4. The van der Waals surface area contributed by atoms with Gasteiger partial charge in [-0.15, -0.1) is 0 Å². The molecule has 11 heteroatoms. The molecule has 0 saturated heterocycles. The van der Waals surface area contributed by atoms with Crippen LogP contribution in [0.3, 0.4) is 0 Å². The van der Waals surface area contributed by atoms with Gasteiger partial charge in [-0.05, 0) is 37.3 Å². The molecule has 0 aliphatic rings. The van der Waals surface area contributed by atoms with Crippen molar-refractivity contribution in [3.05, 3.63) is 111 Å². The molecule has 3 heterocycles. The lowest BCUT2D eigenvalue weighted by molar-refractivity contribution is -0.385. The predicted octanol–water partition coefficient (Wildman–Crippen LogP) is 4.65. The number of benzene rings is 2. The van der Waals surface area contributed by atoms with E-state index in [4.69, 9.17) is 4.74 Å². The molecule has 0 atom stereocenters. The van der Waals surface area contributed by atoms with Crippen LogP contribution in [0.2, 0.25) is 0 Å². The number of aromatic nitrogens is 3. The maximum atomic E-state index is 13.5. The lowest BCUT2D eigenvalue weighted by Gasteiger charge is -2.13. The van der Waals surface area contributed by atoms with E-state index < -0.39 is 20.5 Å². The normalized spacial score (nSPS) is 11.5. The number of hydrogen-bond acceptors (Lipinski definition) is 7. The molecule has 0 unspecified atom stereocenters. The summed E-state index contributed by atoms with van der Waals surface area (Å²) < 4.78 is 35.0. The summed E-state index contributed by atoms with van der Waals surface area (Å²) in [5, 5.41) is 11.8. The molecule has 0 bridgehead atoms. The molecule has 37 heavy (non-hydrogen) atoms. The summed E-state index contributed by atoms with van der Waals surface area (Å²) in [4.78, 5) is 28.3. The molecule has 0 aliphatic carbocycles. The molecule has 5 aromatic rings. The Hall–Kier alpha value is -4.77. The quantitative estimate of drug-likeness (QED) is 0.237. The molecule has 5 rings (SSSR count). The van der Waals surface area contributed by atoms with Crippen LogP contribution in [0.1, 0.15) is 5.56 Å². The van der Waals surface area contributed by atoms with E-state index in [1.165, 1.54) is 48.3 Å². The summed E-state index contributed by atoms with van der Waals surface area (Å²) >= 11 is 0. The minimum absolute atomic E-state index is 0.0215. The second-order valence-electron chi connectivity index (χ2n) is 8.37. The van der Waals surface area contributed by atoms with E-state index in [1.54, 1.807) is 36.4 Å². The summed E-state index contributed by atoms with van der Waals surface area (Å²) in [6.07, 6.45) is 3.85. The molecule has 0 amide bonds. The van der Waals surface area contributed by atoms with Gasteiger partial charge in [0, 0.05) is 36.5 Å². The predicted molar refractivity (Wildman–Crippen MR) is 137 cm³/mol. The van der Waals surface area contributed by atoms with Crippen LogP contribution in [0.5, 0.6) is 11.6 Å². The van der Waals surface area contributed by atoms with Crippen molar-refractivity contribution >= 4 is 26.6 Å². The fraction of sp³-hybridized carbons (Fsp3) is 0.0769. The lowest BCUT2D eigenvalue weighted by Crippen LogP contribution is -2.22. The van der Waals surface area contributed by atoms with Gasteiger partial charge in [0.25, 0.3) is 21.3 Å². The van der Waals surface area contributed by atoms with Crippen LogP contribution in [0.25, 0.3) is 22.0 Å². The van der Waals surface area contributed by atoms with Crippen LogP contribution in [-0.4, -0.2) is 26.9 Å². The van der Waals surface area contributed by atoms with Gasteiger partial charge in [0.15, 0.2) is 0 Å².